The van der Waals surface area contributed by atoms with Gasteiger partial charge in [0.05, 0.1) is 12.2 Å². The summed E-state index contributed by atoms with van der Waals surface area (Å²) in [5.74, 6) is 2.06. The molecule has 12 heavy (non-hydrogen) atoms. The van der Waals surface area contributed by atoms with E-state index in [0.717, 1.165) is 11.8 Å². The maximum absolute atomic E-state index is 5.72. The van der Waals surface area contributed by atoms with Crippen LogP contribution in [-0.2, 0) is 4.74 Å². The van der Waals surface area contributed by atoms with Gasteiger partial charge in [0.1, 0.15) is 0 Å². The lowest BCUT2D eigenvalue weighted by molar-refractivity contribution is -0.0542. The largest absolute Gasteiger partial charge is 0.376 e. The van der Waals surface area contributed by atoms with Gasteiger partial charge in [0.25, 0.3) is 0 Å². The van der Waals surface area contributed by atoms with E-state index in [1.54, 1.807) is 0 Å². The van der Waals surface area contributed by atoms with Crippen molar-refractivity contribution in [1.82, 2.24) is 0 Å². The molecule has 0 bridgehead atoms. The molecule has 0 aromatic carbocycles. The Morgan fingerprint density at radius 2 is 1.58 bits per heavy atom. The minimum atomic E-state index is 0.512. The van der Waals surface area contributed by atoms with E-state index in [9.17, 15) is 0 Å². The topological polar surface area (TPSA) is 9.23 Å². The molecule has 70 valence electrons. The molecular weight excluding hydrogens is 148 g/mol. The Kier molecular flexibility index (Phi) is 2.40. The lowest BCUT2D eigenvalue weighted by Gasteiger charge is -2.32. The van der Waals surface area contributed by atoms with Crippen LogP contribution in [0.3, 0.4) is 0 Å². The maximum atomic E-state index is 5.72. The summed E-state index contributed by atoms with van der Waals surface area (Å²) in [5, 5.41) is 0. The van der Waals surface area contributed by atoms with Crippen LogP contribution >= 0.6 is 0 Å². The molecule has 1 heterocycles. The van der Waals surface area contributed by atoms with Crippen LogP contribution in [0.1, 0.15) is 46.0 Å². The third-order valence-electron chi connectivity index (χ3n) is 3.16. The van der Waals surface area contributed by atoms with Gasteiger partial charge in [-0.05, 0) is 44.9 Å². The van der Waals surface area contributed by atoms with E-state index in [4.69, 9.17) is 4.74 Å². The monoisotopic (exact) mass is 168 g/mol. The molecule has 2 atom stereocenters. The highest BCUT2D eigenvalue weighted by atomic mass is 16.5. The molecule has 1 saturated heterocycles. The lowest BCUT2D eigenvalue weighted by Crippen LogP contribution is -2.29. The van der Waals surface area contributed by atoms with Crippen molar-refractivity contribution >= 4 is 0 Å². The van der Waals surface area contributed by atoms with Crippen LogP contribution in [-0.4, -0.2) is 12.2 Å². The summed E-state index contributed by atoms with van der Waals surface area (Å²) < 4.78 is 5.72. The van der Waals surface area contributed by atoms with Gasteiger partial charge < -0.3 is 4.74 Å². The molecule has 2 rings (SSSR count). The van der Waals surface area contributed by atoms with Crippen molar-refractivity contribution in [2.24, 2.45) is 11.8 Å². The minimum Gasteiger partial charge on any atom is -0.376 e. The highest BCUT2D eigenvalue weighted by Gasteiger charge is 2.30. The van der Waals surface area contributed by atoms with E-state index in [0.29, 0.717) is 12.2 Å². The molecule has 1 aliphatic carbocycles. The zero-order valence-corrected chi connectivity index (χ0v) is 8.25. The van der Waals surface area contributed by atoms with Gasteiger partial charge in [-0.15, -0.1) is 0 Å². The first-order valence-electron chi connectivity index (χ1n) is 5.39. The Morgan fingerprint density at radius 3 is 2.08 bits per heavy atom. The van der Waals surface area contributed by atoms with Crippen molar-refractivity contribution in [3.05, 3.63) is 0 Å². The normalized spacial score (nSPS) is 43.0. The van der Waals surface area contributed by atoms with Crippen LogP contribution in [0.25, 0.3) is 0 Å². The zero-order valence-electron chi connectivity index (χ0n) is 8.25. The molecule has 1 saturated carbocycles. The van der Waals surface area contributed by atoms with Gasteiger partial charge in [0.15, 0.2) is 0 Å². The highest BCUT2D eigenvalue weighted by Crippen LogP contribution is 2.39. The third-order valence-corrected chi connectivity index (χ3v) is 3.16. The lowest BCUT2D eigenvalue weighted by atomic mass is 9.88. The summed E-state index contributed by atoms with van der Waals surface area (Å²) in [5.41, 5.74) is 0. The van der Waals surface area contributed by atoms with Gasteiger partial charge in [0, 0.05) is 0 Å². The van der Waals surface area contributed by atoms with Gasteiger partial charge in [-0.3, -0.25) is 0 Å². The van der Waals surface area contributed by atoms with Crippen molar-refractivity contribution < 1.29 is 4.74 Å². The molecule has 2 unspecified atom stereocenters. The second-order valence-corrected chi connectivity index (χ2v) is 4.77. The Hall–Kier alpha value is -0.0400. The van der Waals surface area contributed by atoms with Gasteiger partial charge in [-0.1, -0.05) is 12.8 Å². The molecule has 1 heteroatoms. The van der Waals surface area contributed by atoms with E-state index in [2.05, 4.69) is 13.8 Å². The summed E-state index contributed by atoms with van der Waals surface area (Å²) in [6.45, 7) is 4.44. The summed E-state index contributed by atoms with van der Waals surface area (Å²) in [4.78, 5) is 0. The first kappa shape index (κ1) is 8.55. The van der Waals surface area contributed by atoms with Crippen molar-refractivity contribution in [1.29, 1.82) is 0 Å². The fourth-order valence-electron chi connectivity index (χ4n) is 2.56. The second-order valence-electron chi connectivity index (χ2n) is 4.77. The predicted molar refractivity (Wildman–Crippen MR) is 50.1 cm³/mol. The van der Waals surface area contributed by atoms with Crippen LogP contribution in [0.15, 0.2) is 0 Å². The quantitative estimate of drug-likeness (QED) is 0.616. The smallest absolute Gasteiger partial charge is 0.0553 e. The van der Waals surface area contributed by atoms with Crippen LogP contribution in [0.4, 0.5) is 0 Å². The van der Waals surface area contributed by atoms with Gasteiger partial charge in [0.2, 0.25) is 0 Å². The van der Waals surface area contributed by atoms with E-state index in [1.807, 2.05) is 0 Å². The molecule has 0 aromatic rings. The highest BCUT2D eigenvalue weighted by molar-refractivity contribution is 4.81. The third kappa shape index (κ3) is 2.22. The fraction of sp³-hybridized carbons (Fsp3) is 1.00. The Morgan fingerprint density at radius 1 is 1.00 bits per heavy atom. The zero-order chi connectivity index (χ0) is 8.55. The second kappa shape index (κ2) is 3.37. The molecule has 1 nitrogen and oxygen atoms in total. The van der Waals surface area contributed by atoms with Crippen LogP contribution in [0.5, 0.6) is 0 Å². The van der Waals surface area contributed by atoms with Crippen molar-refractivity contribution in [2.75, 3.05) is 0 Å². The first-order valence-corrected chi connectivity index (χ1v) is 5.39. The average Bonchev–Trinajstić information content (AvgIpc) is 2.68. The molecule has 2 aliphatic rings. The Balaban J connectivity index is 1.79. The van der Waals surface area contributed by atoms with Gasteiger partial charge >= 0.3 is 0 Å². The summed E-state index contributed by atoms with van der Waals surface area (Å²) in [7, 11) is 0. The summed E-state index contributed by atoms with van der Waals surface area (Å²) >= 11 is 0. The SMILES string of the molecule is CC1CC(CC2CC2)CC(C)O1. The van der Waals surface area contributed by atoms with Gasteiger partial charge in [-0.25, -0.2) is 0 Å². The molecule has 0 radical (unpaired) electrons. The van der Waals surface area contributed by atoms with Crippen molar-refractivity contribution in [3.63, 3.8) is 0 Å². The van der Waals surface area contributed by atoms with Crippen molar-refractivity contribution in [2.45, 2.75) is 58.2 Å². The molecular formula is C11H20O. The molecule has 0 amide bonds. The molecule has 0 aromatic heterocycles. The van der Waals surface area contributed by atoms with E-state index < -0.39 is 0 Å². The van der Waals surface area contributed by atoms with Crippen LogP contribution in [0.2, 0.25) is 0 Å². The standard InChI is InChI=1S/C11H20O/c1-8-5-11(6-9(2)12-8)7-10-3-4-10/h8-11H,3-7H2,1-2H3. The Bertz CT molecular complexity index is 138. The molecule has 0 N–H and O–H groups in total. The first-order chi connectivity index (χ1) is 5.74. The van der Waals surface area contributed by atoms with E-state index in [1.165, 1.54) is 32.1 Å². The van der Waals surface area contributed by atoms with Crippen LogP contribution in [0, 0.1) is 11.8 Å². The number of hydrogen-bond donors (Lipinski definition) is 0. The average molecular weight is 168 g/mol. The predicted octanol–water partition coefficient (Wildman–Crippen LogP) is 2.99. The molecule has 2 fully saturated rings. The fourth-order valence-corrected chi connectivity index (χ4v) is 2.56. The van der Waals surface area contributed by atoms with E-state index >= 15 is 0 Å². The van der Waals surface area contributed by atoms with Crippen LogP contribution < -0.4 is 0 Å². The maximum Gasteiger partial charge on any atom is 0.0553 e. The summed E-state index contributed by atoms with van der Waals surface area (Å²) in [6, 6.07) is 0. The number of rotatable bonds is 2. The van der Waals surface area contributed by atoms with Gasteiger partial charge in [-0.2, -0.15) is 0 Å². The Labute approximate surface area is 75.5 Å². The summed E-state index contributed by atoms with van der Waals surface area (Å²) in [6.07, 6.45) is 8.12. The van der Waals surface area contributed by atoms with Crippen molar-refractivity contribution in [3.8, 4) is 0 Å². The number of ether oxygens (including phenoxy) is 1. The number of hydrogen-bond acceptors (Lipinski definition) is 1. The van der Waals surface area contributed by atoms with E-state index in [-0.39, 0.29) is 0 Å². The molecule has 1 aliphatic heterocycles. The minimum absolute atomic E-state index is 0.512. The molecule has 0 spiro atoms.